The Bertz CT molecular complexity index is 1880. The van der Waals surface area contributed by atoms with E-state index in [2.05, 4.69) is 9.97 Å². The van der Waals surface area contributed by atoms with Crippen molar-refractivity contribution in [3.05, 3.63) is 82.4 Å². The van der Waals surface area contributed by atoms with E-state index in [1.807, 2.05) is 58.3 Å². The van der Waals surface area contributed by atoms with Gasteiger partial charge in [-0.15, -0.1) is 0 Å². The van der Waals surface area contributed by atoms with Gasteiger partial charge in [0.25, 0.3) is 23.6 Å². The van der Waals surface area contributed by atoms with Gasteiger partial charge < -0.3 is 19.8 Å². The highest BCUT2D eigenvalue weighted by molar-refractivity contribution is 6.38. The van der Waals surface area contributed by atoms with E-state index in [0.29, 0.717) is 48.7 Å². The number of amides is 4. The molecule has 0 aliphatic carbocycles. The summed E-state index contributed by atoms with van der Waals surface area (Å²) in [6.45, 7) is 1.69. The van der Waals surface area contributed by atoms with Crippen LogP contribution in [0.15, 0.2) is 59.9 Å². The number of H-pyrrole nitrogens is 2. The van der Waals surface area contributed by atoms with E-state index in [1.54, 1.807) is 14.1 Å². The molecule has 4 aromatic rings. The summed E-state index contributed by atoms with van der Waals surface area (Å²) in [6, 6.07) is 15.9. The smallest absolute Gasteiger partial charge is 0.277 e. The molecule has 4 amide bonds. The predicted molar refractivity (Wildman–Crippen MR) is 170 cm³/mol. The summed E-state index contributed by atoms with van der Waals surface area (Å²) in [5.41, 5.74) is 7.17. The van der Waals surface area contributed by atoms with Gasteiger partial charge >= 0.3 is 0 Å². The molecule has 5 aliphatic heterocycles. The molecule has 5 aliphatic rings. The molecule has 1 saturated heterocycles. The van der Waals surface area contributed by atoms with Crippen molar-refractivity contribution in [1.82, 2.24) is 29.6 Å². The number of likely N-dealkylation sites (N-methyl/N-ethyl adjacent to an activating group) is 2. The largest absolute Gasteiger partial charge is 0.363 e. The number of rotatable bonds is 0. The van der Waals surface area contributed by atoms with Crippen LogP contribution in [0, 0.1) is 0 Å². The van der Waals surface area contributed by atoms with Gasteiger partial charge in [-0.05, 0) is 37.8 Å². The minimum atomic E-state index is -0.312. The Morgan fingerprint density at radius 2 is 0.933 bits per heavy atom. The predicted octanol–water partition coefficient (Wildman–Crippen LogP) is 3.66. The van der Waals surface area contributed by atoms with Crippen molar-refractivity contribution in [2.24, 2.45) is 0 Å². The van der Waals surface area contributed by atoms with E-state index in [1.165, 1.54) is 9.80 Å². The van der Waals surface area contributed by atoms with Crippen LogP contribution in [0.4, 0.5) is 0 Å². The lowest BCUT2D eigenvalue weighted by molar-refractivity contribution is -0.138. The minimum Gasteiger partial charge on any atom is -0.363 e. The number of imide groups is 2. The Balaban J connectivity index is 1.30. The quantitative estimate of drug-likeness (QED) is 0.297. The van der Waals surface area contributed by atoms with Crippen molar-refractivity contribution in [1.29, 1.82) is 0 Å². The molecule has 2 aromatic carbocycles. The topological polar surface area (TPSA) is 113 Å². The van der Waals surface area contributed by atoms with E-state index < -0.39 is 0 Å². The Labute approximate surface area is 259 Å². The van der Waals surface area contributed by atoms with Gasteiger partial charge in [0.2, 0.25) is 0 Å². The lowest BCUT2D eigenvalue weighted by atomic mass is 9.96. The van der Waals surface area contributed by atoms with Gasteiger partial charge in [-0.1, -0.05) is 42.8 Å². The third kappa shape index (κ3) is 4.01. The highest BCUT2D eigenvalue weighted by Crippen LogP contribution is 2.41. The Morgan fingerprint density at radius 1 is 0.533 bits per heavy atom. The molecule has 0 spiro atoms. The molecule has 1 fully saturated rings. The summed E-state index contributed by atoms with van der Waals surface area (Å²) < 4.78 is 0. The van der Waals surface area contributed by atoms with Crippen LogP contribution in [0.3, 0.4) is 0 Å². The molecule has 2 N–H and O–H groups in total. The molecule has 0 saturated carbocycles. The average molecular weight is 603 g/mol. The van der Waals surface area contributed by atoms with E-state index in [0.717, 1.165) is 76.4 Å². The summed E-state index contributed by atoms with van der Waals surface area (Å²) in [5.74, 6) is -1.22. The highest BCUT2D eigenvalue weighted by atomic mass is 16.2. The zero-order chi connectivity index (χ0) is 31.0. The normalized spacial score (nSPS) is 19.7. The number of piperazine rings is 1. The summed E-state index contributed by atoms with van der Waals surface area (Å²) in [7, 11) is 3.09. The number of fused-ring (bicyclic) bond motifs is 8. The first-order valence-electron chi connectivity index (χ1n) is 15.7. The van der Waals surface area contributed by atoms with Crippen LogP contribution in [0.25, 0.3) is 33.0 Å². The number of nitrogens with zero attached hydrogens (tertiary/aromatic N) is 4. The van der Waals surface area contributed by atoms with E-state index >= 15 is 0 Å². The first-order chi connectivity index (χ1) is 21.8. The molecule has 45 heavy (non-hydrogen) atoms. The second-order valence-corrected chi connectivity index (χ2v) is 12.4. The fourth-order valence-electron chi connectivity index (χ4n) is 7.57. The fourth-order valence-corrected chi connectivity index (χ4v) is 7.57. The zero-order valence-corrected chi connectivity index (χ0v) is 25.4. The number of carbonyl (C=O) groups is 4. The van der Waals surface area contributed by atoms with Gasteiger partial charge in [0.05, 0.1) is 11.1 Å². The van der Waals surface area contributed by atoms with Gasteiger partial charge in [0.1, 0.15) is 11.4 Å². The maximum atomic E-state index is 13.8. The second kappa shape index (κ2) is 10.2. The number of carbonyl (C=O) groups excluding carboxylic acids is 4. The number of hydrogen-bond acceptors (Lipinski definition) is 6. The van der Waals surface area contributed by atoms with Gasteiger partial charge in [0, 0.05) is 84.6 Å². The highest BCUT2D eigenvalue weighted by Gasteiger charge is 2.45. The number of aryl methyl sites for hydroxylation is 2. The van der Waals surface area contributed by atoms with E-state index in [-0.39, 0.29) is 23.6 Å². The maximum absolute atomic E-state index is 13.8. The molecular weight excluding hydrogens is 568 g/mol. The van der Waals surface area contributed by atoms with Crippen LogP contribution < -0.4 is 0 Å². The maximum Gasteiger partial charge on any atom is 0.277 e. The van der Waals surface area contributed by atoms with Gasteiger partial charge in [-0.2, -0.15) is 0 Å². The average Bonchev–Trinajstić information content (AvgIpc) is 3.73. The van der Waals surface area contributed by atoms with Crippen LogP contribution >= 0.6 is 0 Å². The molecule has 0 unspecified atom stereocenters. The molecule has 2 aromatic heterocycles. The van der Waals surface area contributed by atoms with Crippen LogP contribution in [0.2, 0.25) is 0 Å². The lowest BCUT2D eigenvalue weighted by Gasteiger charge is -2.38. The van der Waals surface area contributed by atoms with Gasteiger partial charge in [-0.25, -0.2) is 0 Å². The second-order valence-electron chi connectivity index (χ2n) is 12.4. The van der Waals surface area contributed by atoms with E-state index in [4.69, 9.17) is 0 Å². The molecule has 10 nitrogen and oxygen atoms in total. The van der Waals surface area contributed by atoms with Crippen molar-refractivity contribution in [3.63, 3.8) is 0 Å². The number of benzene rings is 2. The molecule has 228 valence electrons. The summed E-state index contributed by atoms with van der Waals surface area (Å²) in [6.07, 6.45) is 4.13. The zero-order valence-electron chi connectivity index (χ0n) is 25.4. The van der Waals surface area contributed by atoms with Crippen molar-refractivity contribution in [3.8, 4) is 0 Å². The molecular formula is C35H34N6O4. The number of hydrogen-bond donors (Lipinski definition) is 2. The standard InChI is InChI=1S/C35H34N6O4/c1-38-32(42)28-26-20-10-6-8-12-22(20)36-24(26)14-4-3-5-15-25-27(21-11-7-9-13-23(21)37-25)29-31(35(45)39(2)33(29)43)41-18-16-40(17-19-41)30(28)34(38)44/h6-13,36-37H,3-5,14-19H2,1-2H3. The third-order valence-corrected chi connectivity index (χ3v) is 9.86. The molecule has 7 heterocycles. The molecule has 2 bridgehead atoms. The Hall–Kier alpha value is -5.12. The Kier molecular flexibility index (Phi) is 6.23. The number of para-hydroxylation sites is 2. The van der Waals surface area contributed by atoms with Crippen LogP contribution in [-0.2, 0) is 32.0 Å². The molecule has 0 atom stereocenters. The van der Waals surface area contributed by atoms with Crippen molar-refractivity contribution in [2.45, 2.75) is 32.1 Å². The molecule has 9 rings (SSSR count). The SMILES string of the molecule is CN1C(=O)C2=C(C1=O)N1CCN(CC1)C1=C(C(=O)N(C)C1=O)c1c([nH]c3ccccc13)CCCCCc1[nH]c3ccccc3c12. The minimum absolute atomic E-state index is 0.296. The van der Waals surface area contributed by atoms with Crippen LogP contribution in [-0.4, -0.2) is 93.5 Å². The van der Waals surface area contributed by atoms with Crippen LogP contribution in [0.5, 0.6) is 0 Å². The number of nitrogens with one attached hydrogen (secondary N) is 2. The van der Waals surface area contributed by atoms with Crippen molar-refractivity contribution in [2.75, 3.05) is 40.3 Å². The van der Waals surface area contributed by atoms with Crippen LogP contribution in [0.1, 0.15) is 41.8 Å². The van der Waals surface area contributed by atoms with Crippen molar-refractivity contribution < 1.29 is 19.2 Å². The van der Waals surface area contributed by atoms with Gasteiger partial charge in [-0.3, -0.25) is 29.0 Å². The van der Waals surface area contributed by atoms with Gasteiger partial charge in [0.15, 0.2) is 0 Å². The summed E-state index contributed by atoms with van der Waals surface area (Å²) in [4.78, 5) is 68.5. The monoisotopic (exact) mass is 602 g/mol. The molecule has 0 radical (unpaired) electrons. The number of aromatic amines is 2. The summed E-state index contributed by atoms with van der Waals surface area (Å²) in [5, 5.41) is 1.87. The third-order valence-electron chi connectivity index (χ3n) is 9.86. The lowest BCUT2D eigenvalue weighted by Crippen LogP contribution is -2.48. The van der Waals surface area contributed by atoms with Crippen molar-refractivity contribution >= 4 is 56.6 Å². The molecule has 10 heteroatoms. The first-order valence-corrected chi connectivity index (χ1v) is 15.7. The van der Waals surface area contributed by atoms with E-state index in [9.17, 15) is 19.2 Å². The Morgan fingerprint density at radius 3 is 1.36 bits per heavy atom. The first kappa shape index (κ1) is 27.4. The summed E-state index contributed by atoms with van der Waals surface area (Å²) >= 11 is 0. The number of aromatic nitrogens is 2. The fraction of sp³-hybridized carbons (Fsp3) is 0.314.